The number of carbonyl (C=O) groups excluding carboxylic acids is 1. The second-order valence-corrected chi connectivity index (χ2v) is 5.31. The van der Waals surface area contributed by atoms with Crippen molar-refractivity contribution < 1.29 is 19.4 Å². The number of carboxylic acids is 1. The standard InChI is InChI=1S/C13H22N2O4/c16-12(2-1-10-3-4-14-8-10)15-5-6-19-9-11(15)7-13(17)18/h10-11,14H,1-9H2,(H,17,18). The Kier molecular flexibility index (Phi) is 5.15. The summed E-state index contributed by atoms with van der Waals surface area (Å²) in [5, 5.41) is 12.2. The highest BCUT2D eigenvalue weighted by Crippen LogP contribution is 2.18. The van der Waals surface area contributed by atoms with Crippen LogP contribution in [0.5, 0.6) is 0 Å². The summed E-state index contributed by atoms with van der Waals surface area (Å²) in [5.41, 5.74) is 0. The lowest BCUT2D eigenvalue weighted by Crippen LogP contribution is -2.49. The first-order valence-corrected chi connectivity index (χ1v) is 6.96. The molecule has 0 spiro atoms. The van der Waals surface area contributed by atoms with Crippen LogP contribution in [0.2, 0.25) is 0 Å². The number of nitrogens with one attached hydrogen (secondary N) is 1. The maximum Gasteiger partial charge on any atom is 0.305 e. The van der Waals surface area contributed by atoms with Crippen molar-refractivity contribution in [1.82, 2.24) is 10.2 Å². The number of aliphatic carboxylic acids is 1. The molecule has 2 unspecified atom stereocenters. The van der Waals surface area contributed by atoms with Crippen molar-refractivity contribution in [2.45, 2.75) is 31.7 Å². The van der Waals surface area contributed by atoms with Gasteiger partial charge in [-0.15, -0.1) is 0 Å². The van der Waals surface area contributed by atoms with Crippen molar-refractivity contribution in [3.63, 3.8) is 0 Å². The maximum absolute atomic E-state index is 12.2. The highest BCUT2D eigenvalue weighted by molar-refractivity contribution is 5.77. The second-order valence-electron chi connectivity index (χ2n) is 5.31. The molecule has 6 nitrogen and oxygen atoms in total. The van der Waals surface area contributed by atoms with Gasteiger partial charge in [0.05, 0.1) is 25.7 Å². The molecule has 2 atom stereocenters. The van der Waals surface area contributed by atoms with Gasteiger partial charge in [-0.1, -0.05) is 0 Å². The molecule has 0 bridgehead atoms. The molecule has 2 heterocycles. The molecular weight excluding hydrogens is 248 g/mol. The van der Waals surface area contributed by atoms with Crippen molar-refractivity contribution in [1.29, 1.82) is 0 Å². The van der Waals surface area contributed by atoms with Crippen LogP contribution in [0.4, 0.5) is 0 Å². The highest BCUT2D eigenvalue weighted by atomic mass is 16.5. The minimum absolute atomic E-state index is 0.0310. The zero-order valence-electron chi connectivity index (χ0n) is 11.1. The molecule has 1 amide bonds. The topological polar surface area (TPSA) is 78.9 Å². The smallest absolute Gasteiger partial charge is 0.305 e. The molecule has 0 aromatic heterocycles. The van der Waals surface area contributed by atoms with Crippen LogP contribution < -0.4 is 5.32 Å². The van der Waals surface area contributed by atoms with Crippen LogP contribution in [-0.2, 0) is 14.3 Å². The number of morpholine rings is 1. The third kappa shape index (κ3) is 4.18. The van der Waals surface area contributed by atoms with E-state index >= 15 is 0 Å². The van der Waals surface area contributed by atoms with Crippen molar-refractivity contribution in [2.75, 3.05) is 32.8 Å². The van der Waals surface area contributed by atoms with E-state index in [4.69, 9.17) is 9.84 Å². The molecule has 2 saturated heterocycles. The van der Waals surface area contributed by atoms with Gasteiger partial charge in [-0.2, -0.15) is 0 Å². The van der Waals surface area contributed by atoms with Crippen LogP contribution in [0, 0.1) is 5.92 Å². The Hall–Kier alpha value is -1.14. The molecule has 6 heteroatoms. The zero-order valence-corrected chi connectivity index (χ0v) is 11.1. The largest absolute Gasteiger partial charge is 0.481 e. The molecule has 0 aromatic carbocycles. The third-order valence-corrected chi connectivity index (χ3v) is 3.89. The van der Waals surface area contributed by atoms with Crippen molar-refractivity contribution in [2.24, 2.45) is 5.92 Å². The Morgan fingerprint density at radius 1 is 1.42 bits per heavy atom. The van der Waals surface area contributed by atoms with Gasteiger partial charge in [-0.05, 0) is 31.8 Å². The molecule has 2 aliphatic heterocycles. The summed E-state index contributed by atoms with van der Waals surface area (Å²) in [4.78, 5) is 24.7. The van der Waals surface area contributed by atoms with Crippen LogP contribution in [-0.4, -0.2) is 60.8 Å². The Balaban J connectivity index is 1.82. The normalized spacial score (nSPS) is 27.5. The van der Waals surface area contributed by atoms with Gasteiger partial charge >= 0.3 is 5.97 Å². The number of nitrogens with zero attached hydrogens (tertiary/aromatic N) is 1. The number of carboxylic acid groups (broad SMARTS) is 1. The van der Waals surface area contributed by atoms with E-state index in [2.05, 4.69) is 5.32 Å². The first kappa shape index (κ1) is 14.3. The summed E-state index contributed by atoms with van der Waals surface area (Å²) in [7, 11) is 0. The van der Waals surface area contributed by atoms with Gasteiger partial charge in [0, 0.05) is 13.0 Å². The molecule has 19 heavy (non-hydrogen) atoms. The minimum atomic E-state index is -0.881. The van der Waals surface area contributed by atoms with E-state index in [0.717, 1.165) is 25.9 Å². The number of rotatable bonds is 5. The molecule has 2 N–H and O–H groups in total. The van der Waals surface area contributed by atoms with Gasteiger partial charge in [-0.25, -0.2) is 0 Å². The Labute approximate surface area is 113 Å². The van der Waals surface area contributed by atoms with Crippen molar-refractivity contribution in [3.8, 4) is 0 Å². The zero-order chi connectivity index (χ0) is 13.7. The summed E-state index contributed by atoms with van der Waals surface area (Å²) in [6.07, 6.45) is 2.51. The van der Waals surface area contributed by atoms with Crippen LogP contribution >= 0.6 is 0 Å². The van der Waals surface area contributed by atoms with Gasteiger partial charge in [0.25, 0.3) is 0 Å². The van der Waals surface area contributed by atoms with Gasteiger partial charge in [0.1, 0.15) is 0 Å². The Morgan fingerprint density at radius 3 is 2.95 bits per heavy atom. The molecular formula is C13H22N2O4. The number of hydrogen-bond acceptors (Lipinski definition) is 4. The lowest BCUT2D eigenvalue weighted by Gasteiger charge is -2.35. The van der Waals surface area contributed by atoms with E-state index in [1.54, 1.807) is 4.90 Å². The second kappa shape index (κ2) is 6.86. The molecule has 0 aromatic rings. The number of amides is 1. The lowest BCUT2D eigenvalue weighted by molar-refractivity contribution is -0.146. The van der Waals surface area contributed by atoms with E-state index in [-0.39, 0.29) is 18.4 Å². The molecule has 0 saturated carbocycles. The summed E-state index contributed by atoms with van der Waals surface area (Å²) in [5.74, 6) is -0.224. The molecule has 2 rings (SSSR count). The third-order valence-electron chi connectivity index (χ3n) is 3.89. The first-order chi connectivity index (χ1) is 9.16. The van der Waals surface area contributed by atoms with Crippen LogP contribution in [0.25, 0.3) is 0 Å². The van der Waals surface area contributed by atoms with E-state index in [9.17, 15) is 9.59 Å². The van der Waals surface area contributed by atoms with E-state index in [0.29, 0.717) is 32.1 Å². The van der Waals surface area contributed by atoms with Crippen molar-refractivity contribution >= 4 is 11.9 Å². The number of carbonyl (C=O) groups is 2. The summed E-state index contributed by atoms with van der Waals surface area (Å²) in [6, 6.07) is -0.305. The Bertz CT molecular complexity index is 329. The van der Waals surface area contributed by atoms with Crippen LogP contribution in [0.15, 0.2) is 0 Å². The minimum Gasteiger partial charge on any atom is -0.481 e. The summed E-state index contributed by atoms with van der Waals surface area (Å²) >= 11 is 0. The average molecular weight is 270 g/mol. The molecule has 2 fully saturated rings. The van der Waals surface area contributed by atoms with Crippen molar-refractivity contribution in [3.05, 3.63) is 0 Å². The van der Waals surface area contributed by atoms with Gasteiger partial charge in [0.15, 0.2) is 0 Å². The van der Waals surface area contributed by atoms with Gasteiger partial charge in [-0.3, -0.25) is 9.59 Å². The van der Waals surface area contributed by atoms with Crippen LogP contribution in [0.3, 0.4) is 0 Å². The average Bonchev–Trinajstić information content (AvgIpc) is 2.89. The molecule has 0 radical (unpaired) electrons. The predicted octanol–water partition coefficient (Wildman–Crippen LogP) is 0.0782. The predicted molar refractivity (Wildman–Crippen MR) is 68.8 cm³/mol. The maximum atomic E-state index is 12.2. The van der Waals surface area contributed by atoms with Crippen LogP contribution in [0.1, 0.15) is 25.7 Å². The van der Waals surface area contributed by atoms with E-state index in [1.807, 2.05) is 0 Å². The number of hydrogen-bond donors (Lipinski definition) is 2. The van der Waals surface area contributed by atoms with Gasteiger partial charge in [0.2, 0.25) is 5.91 Å². The fourth-order valence-corrected chi connectivity index (χ4v) is 2.79. The van der Waals surface area contributed by atoms with E-state index in [1.165, 1.54) is 0 Å². The monoisotopic (exact) mass is 270 g/mol. The molecule has 0 aliphatic carbocycles. The molecule has 2 aliphatic rings. The lowest BCUT2D eigenvalue weighted by atomic mass is 10.0. The SMILES string of the molecule is O=C(O)CC1COCCN1C(=O)CCC1CCNC1. The number of ether oxygens (including phenoxy) is 1. The highest BCUT2D eigenvalue weighted by Gasteiger charge is 2.29. The first-order valence-electron chi connectivity index (χ1n) is 6.96. The summed E-state index contributed by atoms with van der Waals surface area (Å²) < 4.78 is 5.27. The fourth-order valence-electron chi connectivity index (χ4n) is 2.79. The summed E-state index contributed by atoms with van der Waals surface area (Å²) in [6.45, 7) is 3.39. The van der Waals surface area contributed by atoms with Gasteiger partial charge < -0.3 is 20.1 Å². The Morgan fingerprint density at radius 2 is 2.26 bits per heavy atom. The van der Waals surface area contributed by atoms with E-state index < -0.39 is 5.97 Å². The fraction of sp³-hybridized carbons (Fsp3) is 0.846. The molecule has 108 valence electrons. The quantitative estimate of drug-likeness (QED) is 0.739.